The maximum absolute atomic E-state index is 11.4. The molecule has 9 heteroatoms. The van der Waals surface area contributed by atoms with Crippen LogP contribution >= 0.6 is 35.3 Å². The summed E-state index contributed by atoms with van der Waals surface area (Å²) in [6.07, 6.45) is 0. The number of carbonyl (C=O) groups excluding carboxylic acids is 1. The Bertz CT molecular complexity index is 595. The van der Waals surface area contributed by atoms with Crippen molar-refractivity contribution in [2.75, 3.05) is 77.4 Å². The summed E-state index contributed by atoms with van der Waals surface area (Å²) in [5.74, 6) is 1.18. The van der Waals surface area contributed by atoms with Crippen LogP contribution in [0.25, 0.3) is 0 Å². The average Bonchev–Trinajstić information content (AvgIpc) is 3.21. The van der Waals surface area contributed by atoms with E-state index in [0.717, 1.165) is 71.4 Å². The summed E-state index contributed by atoms with van der Waals surface area (Å²) < 4.78 is 0. The van der Waals surface area contributed by atoms with Crippen molar-refractivity contribution >= 4 is 52.2 Å². The van der Waals surface area contributed by atoms with Crippen LogP contribution in [0.1, 0.15) is 6.92 Å². The van der Waals surface area contributed by atoms with Crippen LogP contribution in [0.5, 0.6) is 0 Å². The zero-order chi connectivity index (χ0) is 18.4. The van der Waals surface area contributed by atoms with E-state index in [9.17, 15) is 4.79 Å². The monoisotopic (exact) mass is 506 g/mol. The van der Waals surface area contributed by atoms with Crippen molar-refractivity contribution in [1.29, 1.82) is 0 Å². The number of hydrogen-bond donors (Lipinski definition) is 1. The lowest BCUT2D eigenvalue weighted by Crippen LogP contribution is -2.54. The predicted molar refractivity (Wildman–Crippen MR) is 124 cm³/mol. The number of anilines is 1. The standard InChI is InChI=1S/C18H30N6OS.HI/c1-16(25)22-9-7-21(8-10-22)6-5-20-18(19-2)24-13-11-23(12-14-24)17-4-3-15-26-17;/h3-4,15H,5-14H2,1-2H3,(H,19,20);1H. The summed E-state index contributed by atoms with van der Waals surface area (Å²) in [5, 5.41) is 7.00. The van der Waals surface area contributed by atoms with Crippen molar-refractivity contribution in [2.24, 2.45) is 4.99 Å². The van der Waals surface area contributed by atoms with Crippen molar-refractivity contribution < 1.29 is 4.79 Å². The fraction of sp³-hybridized carbons (Fsp3) is 0.667. The Morgan fingerprint density at radius 2 is 1.78 bits per heavy atom. The number of thiophene rings is 1. The number of amides is 1. The van der Waals surface area contributed by atoms with E-state index in [1.807, 2.05) is 23.3 Å². The summed E-state index contributed by atoms with van der Waals surface area (Å²) in [5.41, 5.74) is 0. The van der Waals surface area contributed by atoms with E-state index in [0.29, 0.717) is 0 Å². The van der Waals surface area contributed by atoms with Gasteiger partial charge in [0.15, 0.2) is 5.96 Å². The van der Waals surface area contributed by atoms with Crippen molar-refractivity contribution in [3.63, 3.8) is 0 Å². The minimum atomic E-state index is 0. The molecule has 7 nitrogen and oxygen atoms in total. The van der Waals surface area contributed by atoms with E-state index in [1.54, 1.807) is 6.92 Å². The maximum atomic E-state index is 11.4. The highest BCUT2D eigenvalue weighted by molar-refractivity contribution is 14.0. The number of halogens is 1. The van der Waals surface area contributed by atoms with Gasteiger partial charge in [-0.2, -0.15) is 0 Å². The lowest BCUT2D eigenvalue weighted by Gasteiger charge is -2.37. The van der Waals surface area contributed by atoms with Crippen molar-refractivity contribution in [3.8, 4) is 0 Å². The number of nitrogens with zero attached hydrogens (tertiary/aromatic N) is 5. The summed E-state index contributed by atoms with van der Waals surface area (Å²) >= 11 is 1.81. The lowest BCUT2D eigenvalue weighted by molar-refractivity contribution is -0.130. The van der Waals surface area contributed by atoms with Crippen LogP contribution in [0.4, 0.5) is 5.00 Å². The van der Waals surface area contributed by atoms with Crippen LogP contribution in [0.15, 0.2) is 22.5 Å². The predicted octanol–water partition coefficient (Wildman–Crippen LogP) is 1.23. The Hall–Kier alpha value is -1.07. The Morgan fingerprint density at radius 3 is 2.33 bits per heavy atom. The maximum Gasteiger partial charge on any atom is 0.219 e. The van der Waals surface area contributed by atoms with Gasteiger partial charge in [-0.1, -0.05) is 0 Å². The topological polar surface area (TPSA) is 54.4 Å². The van der Waals surface area contributed by atoms with Gasteiger partial charge in [0.25, 0.3) is 0 Å². The second-order valence-corrected chi connectivity index (χ2v) is 7.67. The first-order chi connectivity index (χ1) is 12.7. The molecule has 3 heterocycles. The summed E-state index contributed by atoms with van der Waals surface area (Å²) in [7, 11) is 1.86. The second kappa shape index (κ2) is 11.1. The second-order valence-electron chi connectivity index (χ2n) is 6.75. The number of aliphatic imine (C=N–C) groups is 1. The zero-order valence-corrected chi connectivity index (χ0v) is 19.4. The number of piperazine rings is 2. The molecule has 2 aliphatic heterocycles. The molecule has 1 aromatic heterocycles. The first-order valence-electron chi connectivity index (χ1n) is 9.39. The summed E-state index contributed by atoms with van der Waals surface area (Å²) in [6, 6.07) is 4.31. The fourth-order valence-electron chi connectivity index (χ4n) is 3.53. The summed E-state index contributed by atoms with van der Waals surface area (Å²) in [4.78, 5) is 25.0. The van der Waals surface area contributed by atoms with Crippen LogP contribution in [-0.2, 0) is 4.79 Å². The van der Waals surface area contributed by atoms with E-state index in [4.69, 9.17) is 0 Å². The molecule has 2 saturated heterocycles. The van der Waals surface area contributed by atoms with E-state index < -0.39 is 0 Å². The van der Waals surface area contributed by atoms with Crippen LogP contribution in [-0.4, -0.2) is 99.1 Å². The quantitative estimate of drug-likeness (QED) is 0.379. The molecule has 0 unspecified atom stereocenters. The molecule has 0 aromatic carbocycles. The minimum Gasteiger partial charge on any atom is -0.360 e. The first-order valence-corrected chi connectivity index (χ1v) is 10.3. The molecule has 0 atom stereocenters. The zero-order valence-electron chi connectivity index (χ0n) is 16.3. The van der Waals surface area contributed by atoms with E-state index in [1.165, 1.54) is 5.00 Å². The van der Waals surface area contributed by atoms with E-state index >= 15 is 0 Å². The Balaban J connectivity index is 0.00000261. The number of hydrogen-bond acceptors (Lipinski definition) is 5. The van der Waals surface area contributed by atoms with Gasteiger partial charge in [-0.25, -0.2) is 0 Å². The molecule has 0 bridgehead atoms. The lowest BCUT2D eigenvalue weighted by atomic mass is 10.3. The third-order valence-electron chi connectivity index (χ3n) is 5.14. The highest BCUT2D eigenvalue weighted by Gasteiger charge is 2.21. The number of guanidine groups is 1. The molecule has 152 valence electrons. The highest BCUT2D eigenvalue weighted by atomic mass is 127. The average molecular weight is 506 g/mol. The number of rotatable bonds is 4. The van der Waals surface area contributed by atoms with Crippen molar-refractivity contribution in [1.82, 2.24) is 20.0 Å². The van der Waals surface area contributed by atoms with Gasteiger partial charge in [0.1, 0.15) is 0 Å². The highest BCUT2D eigenvalue weighted by Crippen LogP contribution is 2.22. The Morgan fingerprint density at radius 1 is 1.11 bits per heavy atom. The van der Waals surface area contributed by atoms with Crippen LogP contribution in [0, 0.1) is 0 Å². The summed E-state index contributed by atoms with van der Waals surface area (Å²) in [6.45, 7) is 11.2. The molecule has 1 amide bonds. The SMILES string of the molecule is CN=C(NCCN1CCN(C(C)=O)CC1)N1CCN(c2cccs2)CC1.I. The molecule has 1 N–H and O–H groups in total. The number of nitrogens with one attached hydrogen (secondary N) is 1. The molecule has 3 rings (SSSR count). The third-order valence-corrected chi connectivity index (χ3v) is 6.07. The van der Waals surface area contributed by atoms with Gasteiger partial charge in [0.2, 0.25) is 5.91 Å². The molecule has 1 aromatic rings. The molecule has 0 saturated carbocycles. The molecular weight excluding hydrogens is 475 g/mol. The van der Waals surface area contributed by atoms with E-state index in [-0.39, 0.29) is 29.9 Å². The van der Waals surface area contributed by atoms with E-state index in [2.05, 4.69) is 42.5 Å². The smallest absolute Gasteiger partial charge is 0.219 e. The van der Waals surface area contributed by atoms with Gasteiger partial charge in [0.05, 0.1) is 5.00 Å². The van der Waals surface area contributed by atoms with Crippen LogP contribution in [0.2, 0.25) is 0 Å². The molecule has 27 heavy (non-hydrogen) atoms. The van der Waals surface area contributed by atoms with Gasteiger partial charge in [0, 0.05) is 79.4 Å². The molecular formula is C18H31IN6OS. The van der Waals surface area contributed by atoms with Crippen LogP contribution < -0.4 is 10.2 Å². The van der Waals surface area contributed by atoms with Crippen LogP contribution in [0.3, 0.4) is 0 Å². The van der Waals surface area contributed by atoms with Crippen molar-refractivity contribution in [3.05, 3.63) is 17.5 Å². The van der Waals surface area contributed by atoms with Gasteiger partial charge < -0.3 is 20.0 Å². The van der Waals surface area contributed by atoms with Gasteiger partial charge >= 0.3 is 0 Å². The molecule has 0 aliphatic carbocycles. The molecule has 2 fully saturated rings. The molecule has 2 aliphatic rings. The van der Waals surface area contributed by atoms with Gasteiger partial charge in [-0.15, -0.1) is 35.3 Å². The largest absolute Gasteiger partial charge is 0.360 e. The number of carbonyl (C=O) groups is 1. The minimum absolute atomic E-state index is 0. The fourth-order valence-corrected chi connectivity index (χ4v) is 4.32. The molecule has 0 spiro atoms. The third kappa shape index (κ3) is 6.21. The molecule has 0 radical (unpaired) electrons. The van der Waals surface area contributed by atoms with Crippen molar-refractivity contribution in [2.45, 2.75) is 6.92 Å². The van der Waals surface area contributed by atoms with Gasteiger partial charge in [-0.3, -0.25) is 14.7 Å². The van der Waals surface area contributed by atoms with Gasteiger partial charge in [-0.05, 0) is 17.5 Å². The first kappa shape index (κ1) is 22.2. The Kier molecular flexibility index (Phi) is 9.10. The normalized spacial score (nSPS) is 19.0. The Labute approximate surface area is 183 Å².